The third-order valence-electron chi connectivity index (χ3n) is 5.30. The fourth-order valence-electron chi connectivity index (χ4n) is 4.51. The van der Waals surface area contributed by atoms with Crippen molar-refractivity contribution in [3.63, 3.8) is 0 Å². The average Bonchev–Trinajstić information content (AvgIpc) is 2.34. The van der Waals surface area contributed by atoms with Crippen molar-refractivity contribution in [3.05, 3.63) is 0 Å². The molecule has 0 radical (unpaired) electrons. The molecule has 20 heavy (non-hydrogen) atoms. The van der Waals surface area contributed by atoms with E-state index in [0.29, 0.717) is 17.8 Å². The highest BCUT2D eigenvalue weighted by Crippen LogP contribution is 2.41. The molecule has 1 N–H and O–H groups in total. The van der Waals surface area contributed by atoms with Crippen LogP contribution >= 0.6 is 0 Å². The summed E-state index contributed by atoms with van der Waals surface area (Å²) in [5.74, 6) is 0.833. The molecular formula is C17H31NO2. The molecule has 1 saturated heterocycles. The Morgan fingerprint density at radius 2 is 1.90 bits per heavy atom. The van der Waals surface area contributed by atoms with E-state index >= 15 is 0 Å². The van der Waals surface area contributed by atoms with Crippen LogP contribution in [-0.4, -0.2) is 35.1 Å². The van der Waals surface area contributed by atoms with Crippen LogP contribution in [0, 0.1) is 17.3 Å². The van der Waals surface area contributed by atoms with Gasteiger partial charge in [-0.05, 0) is 68.9 Å². The van der Waals surface area contributed by atoms with Gasteiger partial charge in [0.25, 0.3) is 0 Å². The van der Waals surface area contributed by atoms with Crippen LogP contribution in [0.15, 0.2) is 0 Å². The van der Waals surface area contributed by atoms with Gasteiger partial charge in [-0.25, -0.2) is 0 Å². The molecule has 1 heterocycles. The van der Waals surface area contributed by atoms with Gasteiger partial charge in [-0.2, -0.15) is 0 Å². The van der Waals surface area contributed by atoms with Gasteiger partial charge in [0.1, 0.15) is 0 Å². The molecule has 2 atom stereocenters. The predicted molar refractivity (Wildman–Crippen MR) is 81.8 cm³/mol. The summed E-state index contributed by atoms with van der Waals surface area (Å²) in [6, 6.07) is 0.758. The van der Waals surface area contributed by atoms with Gasteiger partial charge in [-0.15, -0.1) is 0 Å². The first-order chi connectivity index (χ1) is 9.35. The molecule has 0 aromatic carbocycles. The first-order valence-corrected chi connectivity index (χ1v) is 8.31. The number of carbonyl (C=O) groups is 1. The van der Waals surface area contributed by atoms with Crippen molar-refractivity contribution in [1.82, 2.24) is 4.90 Å². The van der Waals surface area contributed by atoms with Gasteiger partial charge in [0, 0.05) is 12.5 Å². The van der Waals surface area contributed by atoms with Crippen molar-refractivity contribution in [2.45, 2.75) is 71.8 Å². The van der Waals surface area contributed by atoms with Crippen molar-refractivity contribution in [2.75, 3.05) is 13.1 Å². The molecule has 0 aromatic rings. The number of carboxylic acids is 1. The fraction of sp³-hybridized carbons (Fsp3) is 0.941. The van der Waals surface area contributed by atoms with Gasteiger partial charge in [-0.1, -0.05) is 20.8 Å². The van der Waals surface area contributed by atoms with E-state index in [9.17, 15) is 4.79 Å². The summed E-state index contributed by atoms with van der Waals surface area (Å²) < 4.78 is 0. The molecule has 2 rings (SSSR count). The monoisotopic (exact) mass is 281 g/mol. The topological polar surface area (TPSA) is 40.5 Å². The summed E-state index contributed by atoms with van der Waals surface area (Å²) in [4.78, 5) is 13.3. The van der Waals surface area contributed by atoms with Crippen LogP contribution < -0.4 is 0 Å². The Morgan fingerprint density at radius 1 is 1.25 bits per heavy atom. The lowest BCUT2D eigenvalue weighted by molar-refractivity contribution is -0.137. The van der Waals surface area contributed by atoms with Crippen LogP contribution in [-0.2, 0) is 4.79 Å². The van der Waals surface area contributed by atoms with Gasteiger partial charge in [0.15, 0.2) is 0 Å². The van der Waals surface area contributed by atoms with Crippen LogP contribution in [0.3, 0.4) is 0 Å². The third-order valence-corrected chi connectivity index (χ3v) is 5.30. The largest absolute Gasteiger partial charge is 0.481 e. The predicted octanol–water partition coefficient (Wildman–Crippen LogP) is 3.78. The summed E-state index contributed by atoms with van der Waals surface area (Å²) in [6.45, 7) is 9.58. The highest BCUT2D eigenvalue weighted by Gasteiger charge is 2.35. The molecule has 0 bridgehead atoms. The summed E-state index contributed by atoms with van der Waals surface area (Å²) in [6.07, 6.45) is 7.64. The lowest BCUT2D eigenvalue weighted by atomic mass is 9.70. The van der Waals surface area contributed by atoms with Crippen molar-refractivity contribution in [3.8, 4) is 0 Å². The van der Waals surface area contributed by atoms with Crippen molar-refractivity contribution < 1.29 is 9.90 Å². The number of aliphatic carboxylic acids is 1. The SMILES string of the molecule is CC1CC(N2CCC(CCC(=O)O)CC2)CC(C)(C)C1. The smallest absolute Gasteiger partial charge is 0.303 e. The van der Waals surface area contributed by atoms with Gasteiger partial charge in [0.2, 0.25) is 0 Å². The third kappa shape index (κ3) is 4.47. The molecule has 1 aliphatic heterocycles. The number of likely N-dealkylation sites (tertiary alicyclic amines) is 1. The normalized spacial score (nSPS) is 32.1. The highest BCUT2D eigenvalue weighted by atomic mass is 16.4. The van der Waals surface area contributed by atoms with Crippen molar-refractivity contribution >= 4 is 5.97 Å². The molecule has 3 nitrogen and oxygen atoms in total. The van der Waals surface area contributed by atoms with Crippen LogP contribution in [0.4, 0.5) is 0 Å². The first-order valence-electron chi connectivity index (χ1n) is 8.31. The van der Waals surface area contributed by atoms with E-state index in [1.807, 2.05) is 0 Å². The maximum absolute atomic E-state index is 10.7. The quantitative estimate of drug-likeness (QED) is 0.852. The van der Waals surface area contributed by atoms with Crippen LogP contribution in [0.2, 0.25) is 0 Å². The van der Waals surface area contributed by atoms with Gasteiger partial charge in [-0.3, -0.25) is 4.79 Å². The Hall–Kier alpha value is -0.570. The molecule has 0 amide bonds. The molecule has 2 fully saturated rings. The zero-order valence-electron chi connectivity index (χ0n) is 13.4. The minimum absolute atomic E-state index is 0.345. The molecule has 0 spiro atoms. The number of piperidine rings is 1. The maximum Gasteiger partial charge on any atom is 0.303 e. The Bertz CT molecular complexity index is 332. The number of nitrogens with zero attached hydrogens (tertiary/aromatic N) is 1. The second-order valence-corrected chi connectivity index (χ2v) is 7.98. The van der Waals surface area contributed by atoms with Crippen molar-refractivity contribution in [2.24, 2.45) is 17.3 Å². The van der Waals surface area contributed by atoms with E-state index in [2.05, 4.69) is 25.7 Å². The van der Waals surface area contributed by atoms with E-state index in [0.717, 1.165) is 18.4 Å². The molecule has 0 aromatic heterocycles. The Labute approximate surface area is 123 Å². The molecule has 2 unspecified atom stereocenters. The number of hydrogen-bond donors (Lipinski definition) is 1. The fourth-order valence-corrected chi connectivity index (χ4v) is 4.51. The standard InChI is InChI=1S/C17H31NO2/c1-13-10-15(12-17(2,3)11-13)18-8-6-14(7-9-18)4-5-16(19)20/h13-15H,4-12H2,1-3H3,(H,19,20). The molecule has 1 saturated carbocycles. The van der Waals surface area contributed by atoms with Crippen LogP contribution in [0.25, 0.3) is 0 Å². The van der Waals surface area contributed by atoms with Gasteiger partial charge >= 0.3 is 5.97 Å². The average molecular weight is 281 g/mol. The maximum atomic E-state index is 10.7. The van der Waals surface area contributed by atoms with E-state index in [4.69, 9.17) is 5.11 Å². The lowest BCUT2D eigenvalue weighted by Crippen LogP contribution is -2.46. The van der Waals surface area contributed by atoms with Gasteiger partial charge < -0.3 is 10.0 Å². The molecule has 116 valence electrons. The Morgan fingerprint density at radius 3 is 2.45 bits per heavy atom. The lowest BCUT2D eigenvalue weighted by Gasteiger charge is -2.46. The summed E-state index contributed by atoms with van der Waals surface area (Å²) in [7, 11) is 0. The van der Waals surface area contributed by atoms with Crippen LogP contribution in [0.1, 0.15) is 65.7 Å². The first kappa shape index (κ1) is 15.8. The Kier molecular flexibility index (Phi) is 5.11. The minimum atomic E-state index is -0.643. The second kappa shape index (κ2) is 6.46. The number of carboxylic acid groups (broad SMARTS) is 1. The van der Waals surface area contributed by atoms with Gasteiger partial charge in [0.05, 0.1) is 0 Å². The summed E-state index contributed by atoms with van der Waals surface area (Å²) in [5.41, 5.74) is 0.489. The zero-order chi connectivity index (χ0) is 14.8. The minimum Gasteiger partial charge on any atom is -0.481 e. The molecular weight excluding hydrogens is 250 g/mol. The highest BCUT2D eigenvalue weighted by molar-refractivity contribution is 5.66. The summed E-state index contributed by atoms with van der Waals surface area (Å²) in [5, 5.41) is 8.78. The van der Waals surface area contributed by atoms with E-state index < -0.39 is 5.97 Å². The molecule has 1 aliphatic carbocycles. The second-order valence-electron chi connectivity index (χ2n) is 7.98. The van der Waals surface area contributed by atoms with Crippen molar-refractivity contribution in [1.29, 1.82) is 0 Å². The molecule has 2 aliphatic rings. The van der Waals surface area contributed by atoms with Crippen LogP contribution in [0.5, 0.6) is 0 Å². The van der Waals surface area contributed by atoms with E-state index in [1.54, 1.807) is 0 Å². The summed E-state index contributed by atoms with van der Waals surface area (Å²) >= 11 is 0. The molecule has 3 heteroatoms. The van der Waals surface area contributed by atoms with E-state index in [1.165, 1.54) is 45.2 Å². The number of hydrogen-bond acceptors (Lipinski definition) is 2. The number of rotatable bonds is 4. The van der Waals surface area contributed by atoms with E-state index in [-0.39, 0.29) is 0 Å². The Balaban J connectivity index is 1.80. The zero-order valence-corrected chi connectivity index (χ0v) is 13.4.